The molecular formula is C15H19F3N2O3. The molecule has 0 aliphatic heterocycles. The van der Waals surface area contributed by atoms with E-state index in [-0.39, 0.29) is 17.7 Å². The van der Waals surface area contributed by atoms with Gasteiger partial charge < -0.3 is 20.5 Å². The van der Waals surface area contributed by atoms with E-state index in [0.29, 0.717) is 13.0 Å². The summed E-state index contributed by atoms with van der Waals surface area (Å²) in [5.41, 5.74) is -0.0639. The molecule has 2 rings (SSSR count). The van der Waals surface area contributed by atoms with E-state index in [2.05, 4.69) is 15.4 Å². The van der Waals surface area contributed by atoms with Crippen LogP contribution in [-0.2, 0) is 0 Å². The van der Waals surface area contributed by atoms with Crippen LogP contribution < -0.4 is 15.4 Å². The van der Waals surface area contributed by atoms with Gasteiger partial charge in [0.2, 0.25) is 0 Å². The van der Waals surface area contributed by atoms with Crippen LogP contribution in [-0.4, -0.2) is 30.1 Å². The predicted octanol–water partition coefficient (Wildman–Crippen LogP) is 3.26. The van der Waals surface area contributed by atoms with Crippen LogP contribution in [0, 0.1) is 5.92 Å². The summed E-state index contributed by atoms with van der Waals surface area (Å²) in [5, 5.41) is 14.5. The molecule has 1 aromatic rings. The van der Waals surface area contributed by atoms with E-state index in [9.17, 15) is 23.1 Å². The Morgan fingerprint density at radius 2 is 2.04 bits per heavy atom. The van der Waals surface area contributed by atoms with Crippen LogP contribution in [0.15, 0.2) is 24.3 Å². The van der Waals surface area contributed by atoms with Gasteiger partial charge in [0.1, 0.15) is 0 Å². The highest BCUT2D eigenvalue weighted by atomic mass is 19.4. The lowest BCUT2D eigenvalue weighted by molar-refractivity contribution is -0.274. The van der Waals surface area contributed by atoms with Gasteiger partial charge in [0, 0.05) is 6.54 Å². The molecule has 2 atom stereocenters. The minimum Gasteiger partial charge on any atom is -0.404 e. The molecule has 1 aliphatic rings. The van der Waals surface area contributed by atoms with Crippen LogP contribution in [0.25, 0.3) is 0 Å². The standard InChI is InChI=1S/C15H19F3N2O3/c16-15(17,18)23-13-7-2-1-6-12(13)20-14(22)19-9-10-4-3-5-11(21)8-10/h1-2,6-7,10-11,21H,3-5,8-9H2,(H2,19,20,22). The number of carbonyl (C=O) groups excluding carboxylic acids is 1. The highest BCUT2D eigenvalue weighted by Gasteiger charge is 2.32. The monoisotopic (exact) mass is 332 g/mol. The number of benzene rings is 1. The Morgan fingerprint density at radius 3 is 2.74 bits per heavy atom. The number of ether oxygens (including phenoxy) is 1. The van der Waals surface area contributed by atoms with Crippen molar-refractivity contribution in [3.05, 3.63) is 24.3 Å². The molecule has 1 fully saturated rings. The second kappa shape index (κ2) is 7.54. The SMILES string of the molecule is O=C(NCC1CCCC(O)C1)Nc1ccccc1OC(F)(F)F. The quantitative estimate of drug-likeness (QED) is 0.792. The highest BCUT2D eigenvalue weighted by Crippen LogP contribution is 2.30. The number of amides is 2. The van der Waals surface area contributed by atoms with Gasteiger partial charge in [0.05, 0.1) is 11.8 Å². The lowest BCUT2D eigenvalue weighted by Gasteiger charge is -2.26. The van der Waals surface area contributed by atoms with Crippen molar-refractivity contribution in [3.8, 4) is 5.75 Å². The van der Waals surface area contributed by atoms with Crippen molar-refractivity contribution in [2.24, 2.45) is 5.92 Å². The van der Waals surface area contributed by atoms with Crippen molar-refractivity contribution in [3.63, 3.8) is 0 Å². The molecule has 0 radical (unpaired) electrons. The fourth-order valence-electron chi connectivity index (χ4n) is 2.64. The summed E-state index contributed by atoms with van der Waals surface area (Å²) in [5.74, 6) is -0.297. The van der Waals surface area contributed by atoms with Crippen molar-refractivity contribution in [1.82, 2.24) is 5.32 Å². The van der Waals surface area contributed by atoms with Crippen LogP contribution in [0.1, 0.15) is 25.7 Å². The summed E-state index contributed by atoms with van der Waals surface area (Å²) in [6, 6.07) is 4.72. The second-order valence-electron chi connectivity index (χ2n) is 5.57. The number of anilines is 1. The molecule has 0 spiro atoms. The third-order valence-electron chi connectivity index (χ3n) is 3.67. The molecular weight excluding hydrogens is 313 g/mol. The van der Waals surface area contributed by atoms with Gasteiger partial charge in [-0.05, 0) is 37.3 Å². The molecule has 1 saturated carbocycles. The van der Waals surface area contributed by atoms with Gasteiger partial charge in [-0.15, -0.1) is 13.2 Å². The lowest BCUT2D eigenvalue weighted by Crippen LogP contribution is -2.35. The number of hydrogen-bond acceptors (Lipinski definition) is 3. The van der Waals surface area contributed by atoms with Crippen LogP contribution in [0.3, 0.4) is 0 Å². The lowest BCUT2D eigenvalue weighted by atomic mass is 9.87. The average Bonchev–Trinajstić information content (AvgIpc) is 2.46. The molecule has 0 saturated heterocycles. The van der Waals surface area contributed by atoms with Crippen LogP contribution in [0.2, 0.25) is 0 Å². The van der Waals surface area contributed by atoms with Crippen LogP contribution in [0.4, 0.5) is 23.7 Å². The minimum absolute atomic E-state index is 0.0639. The van der Waals surface area contributed by atoms with E-state index < -0.39 is 18.1 Å². The fourth-order valence-corrected chi connectivity index (χ4v) is 2.64. The van der Waals surface area contributed by atoms with Crippen LogP contribution >= 0.6 is 0 Å². The summed E-state index contributed by atoms with van der Waals surface area (Å²) < 4.78 is 40.8. The normalized spacial score (nSPS) is 21.6. The third kappa shape index (κ3) is 5.97. The smallest absolute Gasteiger partial charge is 0.404 e. The van der Waals surface area contributed by atoms with Crippen molar-refractivity contribution < 1.29 is 27.8 Å². The topological polar surface area (TPSA) is 70.6 Å². The first kappa shape index (κ1) is 17.4. The molecule has 1 aromatic carbocycles. The summed E-state index contributed by atoms with van der Waals surface area (Å²) in [7, 11) is 0. The Labute approximate surface area is 131 Å². The maximum atomic E-state index is 12.3. The Kier molecular flexibility index (Phi) is 5.70. The van der Waals surface area contributed by atoms with Crippen molar-refractivity contribution in [2.45, 2.75) is 38.1 Å². The van der Waals surface area contributed by atoms with Crippen molar-refractivity contribution in [2.75, 3.05) is 11.9 Å². The Morgan fingerprint density at radius 1 is 1.30 bits per heavy atom. The summed E-state index contributed by atoms with van der Waals surface area (Å²) in [4.78, 5) is 11.8. The van der Waals surface area contributed by atoms with Gasteiger partial charge in [-0.1, -0.05) is 18.6 Å². The molecule has 128 valence electrons. The maximum Gasteiger partial charge on any atom is 0.573 e. The van der Waals surface area contributed by atoms with E-state index in [1.165, 1.54) is 18.2 Å². The van der Waals surface area contributed by atoms with Crippen molar-refractivity contribution in [1.29, 1.82) is 0 Å². The van der Waals surface area contributed by atoms with Gasteiger partial charge in [0.25, 0.3) is 0 Å². The molecule has 8 heteroatoms. The average molecular weight is 332 g/mol. The molecule has 2 amide bonds. The number of para-hydroxylation sites is 2. The first-order valence-electron chi connectivity index (χ1n) is 7.41. The van der Waals surface area contributed by atoms with Gasteiger partial charge >= 0.3 is 12.4 Å². The zero-order valence-electron chi connectivity index (χ0n) is 12.4. The molecule has 0 bridgehead atoms. The molecule has 5 nitrogen and oxygen atoms in total. The number of hydrogen-bond donors (Lipinski definition) is 3. The number of nitrogens with one attached hydrogen (secondary N) is 2. The van der Waals surface area contributed by atoms with E-state index in [1.807, 2.05) is 0 Å². The molecule has 1 aliphatic carbocycles. The number of alkyl halides is 3. The summed E-state index contributed by atoms with van der Waals surface area (Å²) >= 11 is 0. The number of rotatable bonds is 4. The second-order valence-corrected chi connectivity index (χ2v) is 5.57. The fraction of sp³-hybridized carbons (Fsp3) is 0.533. The Bertz CT molecular complexity index is 537. The van der Waals surface area contributed by atoms with Crippen LogP contribution in [0.5, 0.6) is 5.75 Å². The number of urea groups is 1. The highest BCUT2D eigenvalue weighted by molar-refractivity contribution is 5.90. The first-order chi connectivity index (χ1) is 10.8. The summed E-state index contributed by atoms with van der Waals surface area (Å²) in [6.45, 7) is 0.366. The van der Waals surface area contributed by atoms with Gasteiger partial charge in [-0.25, -0.2) is 4.79 Å². The molecule has 2 unspecified atom stereocenters. The summed E-state index contributed by atoms with van der Waals surface area (Å²) in [6.07, 6.45) is -1.98. The van der Waals surface area contributed by atoms with E-state index in [0.717, 1.165) is 25.3 Å². The third-order valence-corrected chi connectivity index (χ3v) is 3.67. The molecule has 0 aromatic heterocycles. The predicted molar refractivity (Wildman–Crippen MR) is 78.1 cm³/mol. The number of halogens is 3. The zero-order valence-corrected chi connectivity index (χ0v) is 12.4. The number of aliphatic hydroxyl groups excluding tert-OH is 1. The van der Waals surface area contributed by atoms with E-state index in [1.54, 1.807) is 0 Å². The molecule has 23 heavy (non-hydrogen) atoms. The Balaban J connectivity index is 1.87. The minimum atomic E-state index is -4.83. The van der Waals surface area contributed by atoms with Gasteiger partial charge in [-0.3, -0.25) is 0 Å². The first-order valence-corrected chi connectivity index (χ1v) is 7.41. The van der Waals surface area contributed by atoms with E-state index in [4.69, 9.17) is 0 Å². The zero-order chi connectivity index (χ0) is 16.9. The van der Waals surface area contributed by atoms with Crippen molar-refractivity contribution >= 4 is 11.7 Å². The maximum absolute atomic E-state index is 12.3. The number of aliphatic hydroxyl groups is 1. The molecule has 0 heterocycles. The molecule has 3 N–H and O–H groups in total. The Hall–Kier alpha value is -1.96. The van der Waals surface area contributed by atoms with E-state index >= 15 is 0 Å². The van der Waals surface area contributed by atoms with Gasteiger partial charge in [0.15, 0.2) is 5.75 Å². The largest absolute Gasteiger partial charge is 0.573 e. The number of carbonyl (C=O) groups is 1. The van der Waals surface area contributed by atoms with Gasteiger partial charge in [-0.2, -0.15) is 0 Å².